The third-order valence-corrected chi connectivity index (χ3v) is 7.42. The van der Waals surface area contributed by atoms with E-state index < -0.39 is 23.6 Å². The predicted octanol–water partition coefficient (Wildman–Crippen LogP) is 6.78. The van der Waals surface area contributed by atoms with Crippen molar-refractivity contribution in [3.05, 3.63) is 71.1 Å². The Kier molecular flexibility index (Phi) is 9.70. The molecule has 224 valence electrons. The molecular weight excluding hydrogens is 552 g/mol. The molecule has 0 bridgehead atoms. The number of hydrogen-bond acceptors (Lipinski definition) is 3. The number of H-pyrrole nitrogens is 3. The fourth-order valence-corrected chi connectivity index (χ4v) is 5.04. The Hall–Kier alpha value is -4.15. The Balaban J connectivity index is 1.56. The smallest absolute Gasteiger partial charge is 0.416 e. The second-order valence-corrected chi connectivity index (χ2v) is 10.4. The minimum atomic E-state index is -4.62. The summed E-state index contributed by atoms with van der Waals surface area (Å²) in [7, 11) is 1.57. The van der Waals surface area contributed by atoms with Crippen LogP contribution in [-0.2, 0) is 22.2 Å². The Morgan fingerprint density at radius 3 is 2.57 bits per heavy atom. The summed E-state index contributed by atoms with van der Waals surface area (Å²) in [6.45, 7) is 3.71. The van der Waals surface area contributed by atoms with Gasteiger partial charge in [-0.1, -0.05) is 19.8 Å². The molecule has 4 aromatic rings. The fraction of sp³-hybridized carbons (Fsp3) is 0.387. The van der Waals surface area contributed by atoms with Gasteiger partial charge in [0.2, 0.25) is 5.91 Å². The largest absolute Gasteiger partial charge is 0.497 e. The lowest BCUT2D eigenvalue weighted by Crippen LogP contribution is -2.33. The molecule has 1 atom stereocenters. The molecule has 2 aromatic carbocycles. The van der Waals surface area contributed by atoms with Gasteiger partial charge in [-0.3, -0.25) is 9.59 Å². The molecule has 0 spiro atoms. The summed E-state index contributed by atoms with van der Waals surface area (Å²) in [6.07, 6.45) is 0.490. The number of nitrogens with one attached hydrogen (secondary N) is 4. The lowest BCUT2D eigenvalue weighted by atomic mass is 10.0. The monoisotopic (exact) mass is 587 g/mol. The van der Waals surface area contributed by atoms with Gasteiger partial charge in [0.15, 0.2) is 5.69 Å². The van der Waals surface area contributed by atoms with Crippen LogP contribution in [0.5, 0.6) is 5.75 Å². The first-order valence-corrected chi connectivity index (χ1v) is 13.9. The molecule has 0 radical (unpaired) electrons. The van der Waals surface area contributed by atoms with Crippen molar-refractivity contribution in [1.82, 2.24) is 15.3 Å². The van der Waals surface area contributed by atoms with Crippen LogP contribution in [-0.4, -0.2) is 28.8 Å². The Morgan fingerprint density at radius 2 is 1.86 bits per heavy atom. The number of aryl methyl sites for hydroxylation is 1. The van der Waals surface area contributed by atoms with E-state index in [9.17, 15) is 27.2 Å². The number of unbranched alkanes of at least 4 members (excludes halogenated alkanes) is 2. The van der Waals surface area contributed by atoms with E-state index >= 15 is 0 Å². The van der Waals surface area contributed by atoms with E-state index in [2.05, 4.69) is 20.3 Å². The number of alkyl halides is 3. The van der Waals surface area contributed by atoms with Crippen molar-refractivity contribution >= 4 is 22.6 Å². The van der Waals surface area contributed by atoms with Crippen LogP contribution in [0.4, 0.5) is 17.6 Å². The number of ether oxygens (including phenoxy) is 1. The van der Waals surface area contributed by atoms with Crippen molar-refractivity contribution in [2.75, 3.05) is 7.11 Å². The van der Waals surface area contributed by atoms with Crippen molar-refractivity contribution in [2.45, 2.75) is 71.0 Å². The number of benzene rings is 2. The van der Waals surface area contributed by atoms with Gasteiger partial charge < -0.3 is 15.0 Å². The molecular formula is C31H35F4N4O3+. The zero-order valence-corrected chi connectivity index (χ0v) is 23.8. The number of methoxy groups -OCH3 is 1. The van der Waals surface area contributed by atoms with Gasteiger partial charge in [0.1, 0.15) is 29.6 Å². The molecule has 0 aliphatic heterocycles. The van der Waals surface area contributed by atoms with Crippen LogP contribution in [0.2, 0.25) is 0 Å². The maximum Gasteiger partial charge on any atom is 0.416 e. The average Bonchev–Trinajstić information content (AvgIpc) is 3.56. The van der Waals surface area contributed by atoms with Crippen LogP contribution in [0.3, 0.4) is 0 Å². The highest BCUT2D eigenvalue weighted by Gasteiger charge is 2.32. The average molecular weight is 588 g/mol. The molecule has 11 heteroatoms. The third kappa shape index (κ3) is 7.37. The molecule has 0 aliphatic carbocycles. The normalized spacial score (nSPS) is 12.5. The van der Waals surface area contributed by atoms with Gasteiger partial charge in [0.25, 0.3) is 5.82 Å². The second kappa shape index (κ2) is 13.2. The minimum Gasteiger partial charge on any atom is -0.497 e. The van der Waals surface area contributed by atoms with Gasteiger partial charge in [-0.15, -0.1) is 0 Å². The number of aromatic amines is 3. The van der Waals surface area contributed by atoms with Crippen LogP contribution in [0, 0.1) is 12.7 Å². The number of Topliss-reactive ketones (excluding diaryl/α,β-unsaturated/α-hetero) is 1. The topological polar surface area (TPSA) is 101 Å². The Bertz CT molecular complexity index is 1560. The zero-order chi connectivity index (χ0) is 30.4. The maximum absolute atomic E-state index is 14.6. The highest BCUT2D eigenvalue weighted by atomic mass is 19.4. The SMILES string of the molecule is CCC(=O)CCCCC[C@H](NC(=O)Cc1c(C)[nH]c2ccc(OC)cc12)c1[nH]c(-c2cc(C(F)(F)F)ccc2F)c[nH+]1. The summed E-state index contributed by atoms with van der Waals surface area (Å²) in [5.74, 6) is 0.213. The summed E-state index contributed by atoms with van der Waals surface area (Å²) >= 11 is 0. The first-order chi connectivity index (χ1) is 20.0. The molecule has 0 aliphatic rings. The van der Waals surface area contributed by atoms with Crippen molar-refractivity contribution in [1.29, 1.82) is 0 Å². The van der Waals surface area contributed by atoms with E-state index in [1.165, 1.54) is 6.20 Å². The molecule has 2 heterocycles. The number of fused-ring (bicyclic) bond motifs is 1. The Labute approximate surface area is 241 Å². The second-order valence-electron chi connectivity index (χ2n) is 10.4. The highest BCUT2D eigenvalue weighted by Crippen LogP contribution is 2.33. The highest BCUT2D eigenvalue weighted by molar-refractivity contribution is 5.91. The Morgan fingerprint density at radius 1 is 1.07 bits per heavy atom. The number of aromatic nitrogens is 3. The van der Waals surface area contributed by atoms with E-state index in [4.69, 9.17) is 4.74 Å². The summed E-state index contributed by atoms with van der Waals surface area (Å²) in [4.78, 5) is 34.2. The number of carbonyl (C=O) groups excluding carboxylic acids is 2. The van der Waals surface area contributed by atoms with E-state index in [0.717, 1.165) is 47.1 Å². The van der Waals surface area contributed by atoms with Gasteiger partial charge in [-0.25, -0.2) is 14.4 Å². The number of hydrogen-bond donors (Lipinski definition) is 3. The van der Waals surface area contributed by atoms with E-state index in [1.807, 2.05) is 32.0 Å². The lowest BCUT2D eigenvalue weighted by molar-refractivity contribution is -0.391. The van der Waals surface area contributed by atoms with Gasteiger partial charge in [0.05, 0.1) is 24.7 Å². The molecule has 7 nitrogen and oxygen atoms in total. The van der Waals surface area contributed by atoms with Crippen LogP contribution in [0.15, 0.2) is 42.6 Å². The molecule has 0 fully saturated rings. The third-order valence-electron chi connectivity index (χ3n) is 7.42. The first-order valence-electron chi connectivity index (χ1n) is 13.9. The molecule has 1 amide bonds. The van der Waals surface area contributed by atoms with Crippen molar-refractivity contribution in [3.8, 4) is 17.0 Å². The van der Waals surface area contributed by atoms with Gasteiger partial charge in [-0.2, -0.15) is 13.2 Å². The van der Waals surface area contributed by atoms with E-state index in [-0.39, 0.29) is 29.4 Å². The fourth-order valence-electron chi connectivity index (χ4n) is 5.04. The van der Waals surface area contributed by atoms with Crippen molar-refractivity contribution < 1.29 is 36.9 Å². The minimum absolute atomic E-state index is 0.0797. The summed E-state index contributed by atoms with van der Waals surface area (Å²) in [5.41, 5.74) is 1.46. The van der Waals surface area contributed by atoms with Crippen molar-refractivity contribution in [3.63, 3.8) is 0 Å². The maximum atomic E-state index is 14.6. The lowest BCUT2D eigenvalue weighted by Gasteiger charge is -2.14. The van der Waals surface area contributed by atoms with Crippen LogP contribution < -0.4 is 15.0 Å². The first kappa shape index (κ1) is 30.8. The number of rotatable bonds is 13. The number of carbonyl (C=O) groups is 2. The van der Waals surface area contributed by atoms with E-state index in [1.54, 1.807) is 7.11 Å². The summed E-state index contributed by atoms with van der Waals surface area (Å²) in [5, 5.41) is 3.90. The van der Waals surface area contributed by atoms with Gasteiger partial charge in [0, 0.05) is 29.4 Å². The number of halogens is 4. The molecule has 42 heavy (non-hydrogen) atoms. The van der Waals surface area contributed by atoms with Crippen LogP contribution in [0.25, 0.3) is 22.2 Å². The quantitative estimate of drug-likeness (QED) is 0.119. The number of amides is 1. The van der Waals surface area contributed by atoms with Crippen LogP contribution >= 0.6 is 0 Å². The standard InChI is InChI=1S/C31H34F4N4O3/c1-4-20(40)8-6-5-7-9-27(30-36-17-28(39-30)24-14-19(31(33,34)35)10-12-25(24)32)38-29(41)16-22-18(2)37-26-13-11-21(42-3)15-23(22)26/h10-15,17,27,37H,4-9,16H2,1-3H3,(H,36,39)(H,38,41)/p+1/t27-/m0/s1. The van der Waals surface area contributed by atoms with Gasteiger partial charge >= 0.3 is 6.18 Å². The molecule has 2 aromatic heterocycles. The molecule has 4 N–H and O–H groups in total. The molecule has 0 saturated carbocycles. The van der Waals surface area contributed by atoms with Gasteiger partial charge in [-0.05, 0) is 61.7 Å². The van der Waals surface area contributed by atoms with E-state index in [0.29, 0.717) is 43.3 Å². The van der Waals surface area contributed by atoms with Crippen LogP contribution in [0.1, 0.15) is 74.1 Å². The summed E-state index contributed by atoms with van der Waals surface area (Å²) < 4.78 is 59.7. The zero-order valence-electron chi connectivity index (χ0n) is 23.8. The summed E-state index contributed by atoms with van der Waals surface area (Å²) in [6, 6.07) is 7.27. The number of ketones is 1. The number of imidazole rings is 1. The molecule has 0 unspecified atom stereocenters. The molecule has 0 saturated heterocycles. The molecule has 4 rings (SSSR count). The predicted molar refractivity (Wildman–Crippen MR) is 150 cm³/mol. The van der Waals surface area contributed by atoms with Crippen molar-refractivity contribution in [2.24, 2.45) is 0 Å².